The van der Waals surface area contributed by atoms with Gasteiger partial charge in [0.05, 0.1) is 18.7 Å². The van der Waals surface area contributed by atoms with Gasteiger partial charge in [-0.2, -0.15) is 16.8 Å². The molecule has 1 aromatic rings. The van der Waals surface area contributed by atoms with Crippen molar-refractivity contribution in [2.75, 3.05) is 18.1 Å². The molecule has 10 heteroatoms. The first-order chi connectivity index (χ1) is 10.3. The number of hydrogen-bond donors (Lipinski definition) is 1. The highest BCUT2D eigenvalue weighted by atomic mass is 127. The van der Waals surface area contributed by atoms with Crippen LogP contribution in [0.5, 0.6) is 0 Å². The zero-order valence-electron chi connectivity index (χ0n) is 10.9. The van der Waals surface area contributed by atoms with E-state index in [4.69, 9.17) is 4.74 Å². The third-order valence-electron chi connectivity index (χ3n) is 3.51. The number of halogens is 4. The van der Waals surface area contributed by atoms with Gasteiger partial charge in [-0.25, -0.2) is 4.79 Å². The molecule has 3 rings (SSSR count). The molecule has 0 aliphatic carbocycles. The van der Waals surface area contributed by atoms with Gasteiger partial charge in [-0.3, -0.25) is 14.7 Å². The van der Waals surface area contributed by atoms with Gasteiger partial charge >= 0.3 is 12.3 Å². The summed E-state index contributed by atoms with van der Waals surface area (Å²) in [7, 11) is 0. The first-order valence-corrected chi connectivity index (χ1v) is 7.27. The number of hydrogen-bond acceptors (Lipinski definition) is 4. The molecule has 2 heterocycles. The summed E-state index contributed by atoms with van der Waals surface area (Å²) in [6.07, 6.45) is -5.34. The number of carbonyl (C=O) groups excluding carboxylic acids is 2. The van der Waals surface area contributed by atoms with E-state index >= 15 is 0 Å². The molecule has 6 nitrogen and oxygen atoms in total. The largest absolute Gasteiger partial charge is 0.447 e. The van der Waals surface area contributed by atoms with Gasteiger partial charge in [-0.1, -0.05) is 0 Å². The quantitative estimate of drug-likeness (QED) is 0.582. The summed E-state index contributed by atoms with van der Waals surface area (Å²) >= 11 is 1.67. The standard InChI is InChI=1S/C12H9F3IN3O3/c13-12(14,15)9-4-6(18-1-2-22-11(18)21)3-7-8(9)5-19(17-16)10(7)20/h3-4,17H,1-2,5H2. The SMILES string of the molecule is O=C1c2cc(N3CCOC3=O)cc(C(F)(F)F)c2CN1NI. The average molecular weight is 427 g/mol. The van der Waals surface area contributed by atoms with Crippen molar-refractivity contribution in [3.63, 3.8) is 0 Å². The molecular formula is C12H9F3IN3O3. The molecule has 0 saturated carbocycles. The maximum atomic E-state index is 13.3. The maximum Gasteiger partial charge on any atom is 0.416 e. The Balaban J connectivity index is 2.15. The molecule has 0 radical (unpaired) electrons. The lowest BCUT2D eigenvalue weighted by Gasteiger charge is -2.17. The Hall–Kier alpha value is -1.56. The smallest absolute Gasteiger partial charge is 0.416 e. The van der Waals surface area contributed by atoms with E-state index in [1.54, 1.807) is 22.9 Å². The predicted octanol–water partition coefficient (Wildman–Crippen LogP) is 2.47. The summed E-state index contributed by atoms with van der Waals surface area (Å²) in [5.74, 6) is -0.565. The van der Waals surface area contributed by atoms with E-state index in [-0.39, 0.29) is 36.5 Å². The normalized spacial score (nSPS) is 18.0. The van der Waals surface area contributed by atoms with Crippen molar-refractivity contribution in [2.24, 2.45) is 0 Å². The summed E-state index contributed by atoms with van der Waals surface area (Å²) < 4.78 is 47.1. The number of cyclic esters (lactones) is 1. The minimum atomic E-state index is -4.62. The molecule has 2 amide bonds. The number of alkyl halides is 3. The maximum absolute atomic E-state index is 13.3. The third kappa shape index (κ3) is 2.39. The molecule has 0 unspecified atom stereocenters. The van der Waals surface area contributed by atoms with Crippen LogP contribution < -0.4 is 8.54 Å². The first-order valence-electron chi connectivity index (χ1n) is 6.19. The van der Waals surface area contributed by atoms with Crippen LogP contribution in [0.4, 0.5) is 23.7 Å². The van der Waals surface area contributed by atoms with Gasteiger partial charge in [0.1, 0.15) is 6.61 Å². The lowest BCUT2D eigenvalue weighted by molar-refractivity contribution is -0.138. The fourth-order valence-electron chi connectivity index (χ4n) is 2.50. The summed E-state index contributed by atoms with van der Waals surface area (Å²) in [5, 5.41) is 1.08. The van der Waals surface area contributed by atoms with Crippen LogP contribution in [0, 0.1) is 0 Å². The second-order valence-corrected chi connectivity index (χ2v) is 5.24. The number of nitrogens with one attached hydrogen (secondary N) is 1. The Morgan fingerprint density at radius 2 is 2.00 bits per heavy atom. The second-order valence-electron chi connectivity index (χ2n) is 4.76. The van der Waals surface area contributed by atoms with E-state index in [1.807, 2.05) is 0 Å². The number of carbonyl (C=O) groups is 2. The topological polar surface area (TPSA) is 61.9 Å². The zero-order chi connectivity index (χ0) is 16.1. The number of amides is 2. The van der Waals surface area contributed by atoms with Gasteiger partial charge in [0, 0.05) is 34.1 Å². The molecule has 1 fully saturated rings. The average Bonchev–Trinajstić information content (AvgIpc) is 3.01. The molecule has 2 aliphatic rings. The number of fused-ring (bicyclic) bond motifs is 1. The van der Waals surface area contributed by atoms with Gasteiger partial charge in [-0.15, -0.1) is 0 Å². The Morgan fingerprint density at radius 3 is 2.55 bits per heavy atom. The molecule has 0 spiro atoms. The lowest BCUT2D eigenvalue weighted by atomic mass is 10.0. The molecular weight excluding hydrogens is 418 g/mol. The number of anilines is 1. The van der Waals surface area contributed by atoms with Gasteiger partial charge in [0.15, 0.2) is 0 Å². The van der Waals surface area contributed by atoms with Crippen LogP contribution in [-0.2, 0) is 17.5 Å². The van der Waals surface area contributed by atoms with Gasteiger partial charge in [-0.05, 0) is 17.7 Å². The Bertz CT molecular complexity index is 665. The molecule has 0 bridgehead atoms. The first kappa shape index (κ1) is 15.3. The minimum Gasteiger partial charge on any atom is -0.447 e. The van der Waals surface area contributed by atoms with Crippen molar-refractivity contribution < 1.29 is 27.5 Å². The van der Waals surface area contributed by atoms with Crippen molar-refractivity contribution in [3.8, 4) is 0 Å². The number of benzene rings is 1. The third-order valence-corrected chi connectivity index (χ3v) is 4.09. The molecule has 1 aromatic carbocycles. The van der Waals surface area contributed by atoms with Crippen LogP contribution in [0.2, 0.25) is 0 Å². The molecule has 1 N–H and O–H groups in total. The van der Waals surface area contributed by atoms with Gasteiger partial charge < -0.3 is 4.74 Å². The molecule has 1 saturated heterocycles. The summed E-state index contributed by atoms with van der Waals surface area (Å²) in [6, 6.07) is 2.18. The van der Waals surface area contributed by atoms with Crippen molar-refractivity contribution in [1.29, 1.82) is 0 Å². The fourth-order valence-corrected chi connectivity index (χ4v) is 2.89. The van der Waals surface area contributed by atoms with E-state index in [0.29, 0.717) is 0 Å². The highest BCUT2D eigenvalue weighted by molar-refractivity contribution is 14.1. The Kier molecular flexibility index (Phi) is 3.67. The van der Waals surface area contributed by atoms with Gasteiger partial charge in [0.25, 0.3) is 5.91 Å². The zero-order valence-corrected chi connectivity index (χ0v) is 13.1. The van der Waals surface area contributed by atoms with Crippen molar-refractivity contribution in [3.05, 3.63) is 28.8 Å². The number of rotatable bonds is 2. The van der Waals surface area contributed by atoms with Crippen molar-refractivity contribution in [1.82, 2.24) is 8.65 Å². The van der Waals surface area contributed by atoms with Crippen LogP contribution in [-0.4, -0.2) is 30.2 Å². The van der Waals surface area contributed by atoms with Crippen LogP contribution >= 0.6 is 22.9 Å². The highest BCUT2D eigenvalue weighted by Crippen LogP contribution is 2.40. The highest BCUT2D eigenvalue weighted by Gasteiger charge is 2.41. The van der Waals surface area contributed by atoms with Crippen molar-refractivity contribution in [2.45, 2.75) is 12.7 Å². The summed E-state index contributed by atoms with van der Waals surface area (Å²) in [5.41, 5.74) is -1.06. The van der Waals surface area contributed by atoms with E-state index < -0.39 is 23.7 Å². The van der Waals surface area contributed by atoms with E-state index in [9.17, 15) is 22.8 Å². The van der Waals surface area contributed by atoms with Crippen LogP contribution in [0.1, 0.15) is 21.5 Å². The van der Waals surface area contributed by atoms with Crippen LogP contribution in [0.15, 0.2) is 12.1 Å². The number of hydrazine groups is 1. The van der Waals surface area contributed by atoms with E-state index in [2.05, 4.69) is 3.64 Å². The summed E-state index contributed by atoms with van der Waals surface area (Å²) in [6.45, 7) is 0.0701. The second kappa shape index (κ2) is 5.26. The molecule has 0 atom stereocenters. The van der Waals surface area contributed by atoms with E-state index in [1.165, 1.54) is 6.07 Å². The van der Waals surface area contributed by atoms with Crippen LogP contribution in [0.3, 0.4) is 0 Å². The van der Waals surface area contributed by atoms with Gasteiger partial charge in [0.2, 0.25) is 0 Å². The molecule has 22 heavy (non-hydrogen) atoms. The van der Waals surface area contributed by atoms with Crippen molar-refractivity contribution >= 4 is 40.6 Å². The molecule has 2 aliphatic heterocycles. The lowest BCUT2D eigenvalue weighted by Crippen LogP contribution is -2.31. The number of nitrogens with zero attached hydrogens (tertiary/aromatic N) is 2. The monoisotopic (exact) mass is 427 g/mol. The Labute approximate surface area is 136 Å². The van der Waals surface area contributed by atoms with E-state index in [0.717, 1.165) is 16.0 Å². The molecule has 118 valence electrons. The summed E-state index contributed by atoms with van der Waals surface area (Å²) in [4.78, 5) is 24.7. The Morgan fingerprint density at radius 1 is 1.27 bits per heavy atom. The van der Waals surface area contributed by atoms with Crippen LogP contribution in [0.25, 0.3) is 0 Å². The molecule has 0 aromatic heterocycles. The predicted molar refractivity (Wildman–Crippen MR) is 77.2 cm³/mol. The fraction of sp³-hybridized carbons (Fsp3) is 0.333. The number of ether oxygens (including phenoxy) is 1. The minimum absolute atomic E-state index is 0.0113.